The van der Waals surface area contributed by atoms with Gasteiger partial charge in [0.15, 0.2) is 5.58 Å². The Hall–Kier alpha value is -3.86. The van der Waals surface area contributed by atoms with E-state index in [1.807, 2.05) is 12.1 Å². The molecule has 1 amide bonds. The standard InChI is InChI=1S/C27H29ClN6O4/c1-29-26(35)23-17-20(7-8-30-23)37-19-4-6-24-22(16-19)32-27(38-24)31-18-3-5-21(28)25(15-18)36-14-13-34-11-9-33(2)10-12-34/h3-8,15-17H,9-14H2,1-2H3,(H,29,35)(H,31,32). The van der Waals surface area contributed by atoms with Crippen molar-refractivity contribution in [3.63, 3.8) is 0 Å². The number of nitrogens with zero attached hydrogens (tertiary/aromatic N) is 4. The predicted octanol–water partition coefficient (Wildman–Crippen LogP) is 4.40. The van der Waals surface area contributed by atoms with Crippen LogP contribution >= 0.6 is 11.6 Å². The summed E-state index contributed by atoms with van der Waals surface area (Å²) in [5.74, 6) is 1.35. The van der Waals surface area contributed by atoms with Crippen molar-refractivity contribution in [1.82, 2.24) is 25.1 Å². The van der Waals surface area contributed by atoms with Crippen molar-refractivity contribution in [2.24, 2.45) is 0 Å². The Morgan fingerprint density at radius 3 is 2.71 bits per heavy atom. The van der Waals surface area contributed by atoms with E-state index < -0.39 is 0 Å². The Morgan fingerprint density at radius 2 is 1.89 bits per heavy atom. The van der Waals surface area contributed by atoms with E-state index >= 15 is 0 Å². The van der Waals surface area contributed by atoms with Crippen molar-refractivity contribution in [2.45, 2.75) is 0 Å². The lowest BCUT2D eigenvalue weighted by atomic mass is 10.3. The lowest BCUT2D eigenvalue weighted by Crippen LogP contribution is -2.45. The van der Waals surface area contributed by atoms with E-state index in [-0.39, 0.29) is 11.6 Å². The van der Waals surface area contributed by atoms with Gasteiger partial charge in [-0.1, -0.05) is 11.6 Å². The number of anilines is 2. The van der Waals surface area contributed by atoms with Crippen molar-refractivity contribution in [3.8, 4) is 17.2 Å². The van der Waals surface area contributed by atoms with Crippen molar-refractivity contribution >= 4 is 40.3 Å². The molecule has 1 saturated heterocycles. The number of ether oxygens (including phenoxy) is 2. The van der Waals surface area contributed by atoms with Gasteiger partial charge < -0.3 is 29.4 Å². The number of carbonyl (C=O) groups is 1. The Labute approximate surface area is 225 Å². The van der Waals surface area contributed by atoms with Crippen LogP contribution in [0.25, 0.3) is 11.1 Å². The zero-order chi connectivity index (χ0) is 26.5. The van der Waals surface area contributed by atoms with Crippen LogP contribution in [0.1, 0.15) is 10.5 Å². The molecule has 0 atom stereocenters. The summed E-state index contributed by atoms with van der Waals surface area (Å²) in [4.78, 5) is 25.1. The first kappa shape index (κ1) is 25.8. The first-order valence-corrected chi connectivity index (χ1v) is 12.7. The van der Waals surface area contributed by atoms with Gasteiger partial charge in [-0.25, -0.2) is 0 Å². The van der Waals surface area contributed by atoms with Crippen molar-refractivity contribution in [2.75, 3.05) is 58.7 Å². The third-order valence-electron chi connectivity index (χ3n) is 6.23. The van der Waals surface area contributed by atoms with Crippen LogP contribution in [0.3, 0.4) is 0 Å². The lowest BCUT2D eigenvalue weighted by molar-refractivity contribution is 0.0958. The molecule has 0 radical (unpaired) electrons. The highest BCUT2D eigenvalue weighted by Gasteiger charge is 2.14. The van der Waals surface area contributed by atoms with E-state index in [1.54, 1.807) is 43.4 Å². The number of hydrogen-bond donors (Lipinski definition) is 2. The fraction of sp³-hybridized carbons (Fsp3) is 0.296. The minimum absolute atomic E-state index is 0.268. The van der Waals surface area contributed by atoms with Crippen LogP contribution in [-0.2, 0) is 0 Å². The summed E-state index contributed by atoms with van der Waals surface area (Å²) in [6.07, 6.45) is 1.52. The van der Waals surface area contributed by atoms with E-state index in [2.05, 4.69) is 37.4 Å². The van der Waals surface area contributed by atoms with Crippen LogP contribution in [0.15, 0.2) is 59.1 Å². The van der Waals surface area contributed by atoms with Gasteiger partial charge in [-0.05, 0) is 37.4 Å². The molecule has 38 heavy (non-hydrogen) atoms. The lowest BCUT2D eigenvalue weighted by Gasteiger charge is -2.32. The van der Waals surface area contributed by atoms with Gasteiger partial charge >= 0.3 is 0 Å². The second kappa shape index (κ2) is 11.7. The molecule has 1 aliphatic heterocycles. The Balaban J connectivity index is 1.23. The largest absolute Gasteiger partial charge is 0.491 e. The molecule has 3 heterocycles. The van der Waals surface area contributed by atoms with E-state index in [4.69, 9.17) is 25.5 Å². The average molecular weight is 537 g/mol. The molecule has 2 aromatic carbocycles. The number of carbonyl (C=O) groups excluding carboxylic acids is 1. The molecule has 5 rings (SSSR count). The smallest absolute Gasteiger partial charge is 0.300 e. The van der Waals surface area contributed by atoms with Gasteiger partial charge in [0.25, 0.3) is 11.9 Å². The molecular formula is C27H29ClN6O4. The molecule has 4 aromatic rings. The highest BCUT2D eigenvalue weighted by atomic mass is 35.5. The quantitative estimate of drug-likeness (QED) is 0.322. The summed E-state index contributed by atoms with van der Waals surface area (Å²) >= 11 is 6.37. The molecule has 2 N–H and O–H groups in total. The first-order valence-electron chi connectivity index (χ1n) is 12.3. The number of pyridine rings is 1. The van der Waals surface area contributed by atoms with E-state index in [1.165, 1.54) is 6.20 Å². The highest BCUT2D eigenvalue weighted by Crippen LogP contribution is 2.31. The summed E-state index contributed by atoms with van der Waals surface area (Å²) in [6, 6.07) is 14.3. The maximum absolute atomic E-state index is 11.8. The van der Waals surface area contributed by atoms with Gasteiger partial charge in [-0.2, -0.15) is 4.98 Å². The molecular weight excluding hydrogens is 508 g/mol. The molecule has 11 heteroatoms. The van der Waals surface area contributed by atoms with Gasteiger partial charge in [0.2, 0.25) is 0 Å². The van der Waals surface area contributed by atoms with Crippen LogP contribution in [0.4, 0.5) is 11.7 Å². The molecule has 0 saturated carbocycles. The van der Waals surface area contributed by atoms with Crippen molar-refractivity contribution in [1.29, 1.82) is 0 Å². The number of likely N-dealkylation sites (N-methyl/N-ethyl adjacent to an activating group) is 1. The van der Waals surface area contributed by atoms with Crippen molar-refractivity contribution < 1.29 is 18.7 Å². The number of nitrogens with one attached hydrogen (secondary N) is 2. The number of rotatable bonds is 9. The molecule has 0 aliphatic carbocycles. The number of hydrogen-bond acceptors (Lipinski definition) is 9. The number of piperazine rings is 1. The Kier molecular flexibility index (Phi) is 7.92. The number of halogens is 1. The average Bonchev–Trinajstić information content (AvgIpc) is 3.32. The maximum atomic E-state index is 11.8. The van der Waals surface area contributed by atoms with Crippen LogP contribution in [-0.4, -0.2) is 79.1 Å². The summed E-state index contributed by atoms with van der Waals surface area (Å²) in [6.45, 7) is 5.63. The third kappa shape index (κ3) is 6.34. The summed E-state index contributed by atoms with van der Waals surface area (Å²) in [7, 11) is 3.69. The van der Waals surface area contributed by atoms with E-state index in [0.29, 0.717) is 46.0 Å². The van der Waals surface area contributed by atoms with Gasteiger partial charge in [-0.15, -0.1) is 0 Å². The van der Waals surface area contributed by atoms with Crippen LogP contribution in [0.5, 0.6) is 17.2 Å². The highest BCUT2D eigenvalue weighted by molar-refractivity contribution is 6.32. The second-order valence-electron chi connectivity index (χ2n) is 8.97. The molecule has 1 fully saturated rings. The first-order chi connectivity index (χ1) is 18.5. The Bertz CT molecular complexity index is 1420. The second-order valence-corrected chi connectivity index (χ2v) is 9.38. The summed E-state index contributed by atoms with van der Waals surface area (Å²) < 4.78 is 17.7. The van der Waals surface area contributed by atoms with Gasteiger partial charge in [-0.3, -0.25) is 14.7 Å². The number of aromatic nitrogens is 2. The molecule has 198 valence electrons. The normalized spacial score (nSPS) is 14.4. The summed E-state index contributed by atoms with van der Waals surface area (Å²) in [5, 5.41) is 6.27. The SMILES string of the molecule is CNC(=O)c1cc(Oc2ccc3oc(Nc4ccc(Cl)c(OCCN5CCN(C)CC5)c4)nc3c2)ccn1. The number of fused-ring (bicyclic) bond motifs is 1. The number of benzene rings is 2. The van der Waals surface area contributed by atoms with Gasteiger partial charge in [0.1, 0.15) is 35.1 Å². The zero-order valence-electron chi connectivity index (χ0n) is 21.2. The van der Waals surface area contributed by atoms with E-state index in [0.717, 1.165) is 38.4 Å². The zero-order valence-corrected chi connectivity index (χ0v) is 22.0. The maximum Gasteiger partial charge on any atom is 0.300 e. The molecule has 1 aliphatic rings. The molecule has 10 nitrogen and oxygen atoms in total. The van der Waals surface area contributed by atoms with Gasteiger partial charge in [0.05, 0.1) is 5.02 Å². The minimum Gasteiger partial charge on any atom is -0.491 e. The van der Waals surface area contributed by atoms with Gasteiger partial charge in [0, 0.05) is 69.9 Å². The minimum atomic E-state index is -0.288. The molecule has 0 spiro atoms. The van der Waals surface area contributed by atoms with Crippen LogP contribution < -0.4 is 20.1 Å². The number of amides is 1. The third-order valence-corrected chi connectivity index (χ3v) is 6.54. The van der Waals surface area contributed by atoms with E-state index in [9.17, 15) is 4.79 Å². The van der Waals surface area contributed by atoms with Crippen molar-refractivity contribution in [3.05, 3.63) is 65.4 Å². The fourth-order valence-electron chi connectivity index (χ4n) is 4.06. The monoisotopic (exact) mass is 536 g/mol. The topological polar surface area (TPSA) is 105 Å². The van der Waals surface area contributed by atoms with Crippen LogP contribution in [0.2, 0.25) is 5.02 Å². The fourth-order valence-corrected chi connectivity index (χ4v) is 4.23. The molecule has 0 unspecified atom stereocenters. The Morgan fingerprint density at radius 1 is 1.08 bits per heavy atom. The molecule has 0 bridgehead atoms. The molecule has 2 aromatic heterocycles. The number of oxazole rings is 1. The summed E-state index contributed by atoms with van der Waals surface area (Å²) in [5.41, 5.74) is 2.22. The van der Waals surface area contributed by atoms with Crippen LogP contribution in [0, 0.1) is 0 Å². The predicted molar refractivity (Wildman–Crippen MR) is 146 cm³/mol.